The Balaban J connectivity index is 2.17. The Bertz CT molecular complexity index is 184. The standard InChI is InChI=1S/C13H24/c1-4-10-6-8-13(3)9-7-11(10)12(13)5-2/h10-12H,4-9H2,1-3H3. The smallest absolute Gasteiger partial charge is 0.0295 e. The van der Waals surface area contributed by atoms with Crippen molar-refractivity contribution >= 4 is 0 Å². The SMILES string of the molecule is CCC1CCC2(C)CCC1C2CC. The van der Waals surface area contributed by atoms with E-state index in [2.05, 4.69) is 20.8 Å². The Morgan fingerprint density at radius 2 is 1.77 bits per heavy atom. The van der Waals surface area contributed by atoms with E-state index in [9.17, 15) is 0 Å². The van der Waals surface area contributed by atoms with Gasteiger partial charge in [0.15, 0.2) is 0 Å². The topological polar surface area (TPSA) is 0 Å². The van der Waals surface area contributed by atoms with Gasteiger partial charge in [-0.1, -0.05) is 33.6 Å². The molecule has 0 aliphatic heterocycles. The van der Waals surface area contributed by atoms with Crippen molar-refractivity contribution in [1.82, 2.24) is 0 Å². The monoisotopic (exact) mass is 180 g/mol. The van der Waals surface area contributed by atoms with Crippen LogP contribution in [0, 0.1) is 23.2 Å². The van der Waals surface area contributed by atoms with Crippen molar-refractivity contribution in [2.24, 2.45) is 23.2 Å². The first-order chi connectivity index (χ1) is 6.21. The predicted molar refractivity (Wildman–Crippen MR) is 57.6 cm³/mol. The summed E-state index contributed by atoms with van der Waals surface area (Å²) in [6, 6.07) is 0. The fourth-order valence-electron chi connectivity index (χ4n) is 4.31. The van der Waals surface area contributed by atoms with Crippen molar-refractivity contribution in [1.29, 1.82) is 0 Å². The van der Waals surface area contributed by atoms with E-state index >= 15 is 0 Å². The van der Waals surface area contributed by atoms with E-state index in [1.54, 1.807) is 0 Å². The highest BCUT2D eigenvalue weighted by atomic mass is 14.5. The average Bonchev–Trinajstić information content (AvgIpc) is 2.36. The summed E-state index contributed by atoms with van der Waals surface area (Å²) in [7, 11) is 0. The Hall–Kier alpha value is 0. The molecule has 0 aromatic heterocycles. The molecule has 0 heterocycles. The third-order valence-corrected chi connectivity index (χ3v) is 5.12. The number of fused-ring (bicyclic) bond motifs is 2. The Kier molecular flexibility index (Phi) is 2.42. The van der Waals surface area contributed by atoms with Crippen LogP contribution in [0.5, 0.6) is 0 Å². The van der Waals surface area contributed by atoms with Crippen molar-refractivity contribution in [2.45, 2.75) is 59.3 Å². The van der Waals surface area contributed by atoms with Crippen LogP contribution in [0.15, 0.2) is 0 Å². The Morgan fingerprint density at radius 3 is 2.38 bits per heavy atom. The molecule has 4 atom stereocenters. The molecule has 0 aromatic rings. The van der Waals surface area contributed by atoms with Crippen LogP contribution in [0.1, 0.15) is 59.3 Å². The van der Waals surface area contributed by atoms with Gasteiger partial charge in [-0.05, 0) is 48.9 Å². The maximum absolute atomic E-state index is 2.55. The molecule has 13 heavy (non-hydrogen) atoms. The van der Waals surface area contributed by atoms with Gasteiger partial charge in [0.2, 0.25) is 0 Å². The van der Waals surface area contributed by atoms with E-state index in [4.69, 9.17) is 0 Å². The maximum atomic E-state index is 2.55. The molecule has 4 unspecified atom stereocenters. The average molecular weight is 180 g/mol. The van der Waals surface area contributed by atoms with Gasteiger partial charge in [-0.2, -0.15) is 0 Å². The largest absolute Gasteiger partial charge is 0.0651 e. The second-order valence-corrected chi connectivity index (χ2v) is 5.58. The van der Waals surface area contributed by atoms with Gasteiger partial charge in [-0.15, -0.1) is 0 Å². The van der Waals surface area contributed by atoms with Gasteiger partial charge in [-0.25, -0.2) is 0 Å². The quantitative estimate of drug-likeness (QED) is 0.596. The van der Waals surface area contributed by atoms with E-state index in [1.807, 2.05) is 0 Å². The molecule has 2 aliphatic carbocycles. The summed E-state index contributed by atoms with van der Waals surface area (Å²) in [5.74, 6) is 3.22. The molecule has 2 aliphatic rings. The van der Waals surface area contributed by atoms with Crippen LogP contribution in [-0.4, -0.2) is 0 Å². The molecule has 0 saturated heterocycles. The van der Waals surface area contributed by atoms with E-state index in [1.165, 1.54) is 38.5 Å². The number of hydrogen-bond donors (Lipinski definition) is 0. The molecule has 0 nitrogen and oxygen atoms in total. The summed E-state index contributed by atoms with van der Waals surface area (Å²) < 4.78 is 0. The van der Waals surface area contributed by atoms with Crippen molar-refractivity contribution in [2.75, 3.05) is 0 Å². The van der Waals surface area contributed by atoms with Crippen LogP contribution in [0.2, 0.25) is 0 Å². The van der Waals surface area contributed by atoms with Gasteiger partial charge in [0.1, 0.15) is 0 Å². The van der Waals surface area contributed by atoms with Gasteiger partial charge in [0.05, 0.1) is 0 Å². The molecule has 2 saturated carbocycles. The Labute approximate surface area is 83.1 Å². The fourth-order valence-corrected chi connectivity index (χ4v) is 4.31. The minimum Gasteiger partial charge on any atom is -0.0651 e. The highest BCUT2D eigenvalue weighted by Crippen LogP contribution is 2.59. The maximum Gasteiger partial charge on any atom is -0.0295 e. The summed E-state index contributed by atoms with van der Waals surface area (Å²) in [6.07, 6.45) is 8.95. The van der Waals surface area contributed by atoms with Crippen LogP contribution >= 0.6 is 0 Å². The summed E-state index contributed by atoms with van der Waals surface area (Å²) in [6.45, 7) is 7.34. The first kappa shape index (κ1) is 9.55. The molecule has 0 heteroatoms. The minimum absolute atomic E-state index is 0.741. The molecular weight excluding hydrogens is 156 g/mol. The van der Waals surface area contributed by atoms with E-state index in [0.29, 0.717) is 0 Å². The molecule has 76 valence electrons. The lowest BCUT2D eigenvalue weighted by atomic mass is 9.63. The first-order valence-electron chi connectivity index (χ1n) is 6.21. The molecule has 2 rings (SSSR count). The van der Waals surface area contributed by atoms with Crippen LogP contribution in [0.25, 0.3) is 0 Å². The lowest BCUT2D eigenvalue weighted by Gasteiger charge is -2.42. The van der Waals surface area contributed by atoms with Crippen LogP contribution in [0.3, 0.4) is 0 Å². The molecular formula is C13H24. The van der Waals surface area contributed by atoms with E-state index < -0.39 is 0 Å². The van der Waals surface area contributed by atoms with E-state index in [-0.39, 0.29) is 0 Å². The van der Waals surface area contributed by atoms with Crippen molar-refractivity contribution < 1.29 is 0 Å². The van der Waals surface area contributed by atoms with Crippen molar-refractivity contribution in [3.05, 3.63) is 0 Å². The minimum atomic E-state index is 0.741. The van der Waals surface area contributed by atoms with Gasteiger partial charge < -0.3 is 0 Å². The molecule has 0 radical (unpaired) electrons. The normalized spacial score (nSPS) is 49.6. The third kappa shape index (κ3) is 1.33. The lowest BCUT2D eigenvalue weighted by Crippen LogP contribution is -2.33. The highest BCUT2D eigenvalue weighted by Gasteiger charge is 2.49. The molecule has 0 aromatic carbocycles. The van der Waals surface area contributed by atoms with E-state index in [0.717, 1.165) is 23.2 Å². The third-order valence-electron chi connectivity index (χ3n) is 5.12. The lowest BCUT2D eigenvalue weighted by molar-refractivity contribution is 0.0752. The van der Waals surface area contributed by atoms with Crippen molar-refractivity contribution in [3.63, 3.8) is 0 Å². The van der Waals surface area contributed by atoms with Gasteiger partial charge >= 0.3 is 0 Å². The zero-order valence-corrected chi connectivity index (χ0v) is 9.47. The fraction of sp³-hybridized carbons (Fsp3) is 1.00. The van der Waals surface area contributed by atoms with Crippen LogP contribution in [-0.2, 0) is 0 Å². The summed E-state index contributed by atoms with van der Waals surface area (Å²) >= 11 is 0. The van der Waals surface area contributed by atoms with Gasteiger partial charge in [-0.3, -0.25) is 0 Å². The second-order valence-electron chi connectivity index (χ2n) is 5.58. The first-order valence-corrected chi connectivity index (χ1v) is 6.21. The summed E-state index contributed by atoms with van der Waals surface area (Å²) in [5.41, 5.74) is 0.741. The molecule has 0 N–H and O–H groups in total. The van der Waals surface area contributed by atoms with Crippen LogP contribution < -0.4 is 0 Å². The van der Waals surface area contributed by atoms with Crippen LogP contribution in [0.4, 0.5) is 0 Å². The van der Waals surface area contributed by atoms with Crippen molar-refractivity contribution in [3.8, 4) is 0 Å². The Morgan fingerprint density at radius 1 is 1.08 bits per heavy atom. The molecule has 2 bridgehead atoms. The molecule has 0 amide bonds. The summed E-state index contributed by atoms with van der Waals surface area (Å²) in [4.78, 5) is 0. The highest BCUT2D eigenvalue weighted by molar-refractivity contribution is 4.99. The number of rotatable bonds is 2. The zero-order chi connectivity index (χ0) is 9.47. The van der Waals surface area contributed by atoms with Gasteiger partial charge in [0, 0.05) is 0 Å². The molecule has 2 fully saturated rings. The predicted octanol–water partition coefficient (Wildman–Crippen LogP) is 4.25. The zero-order valence-electron chi connectivity index (χ0n) is 9.47. The second kappa shape index (κ2) is 3.29. The molecule has 0 spiro atoms. The summed E-state index contributed by atoms with van der Waals surface area (Å²) in [5, 5.41) is 0. The number of hydrogen-bond acceptors (Lipinski definition) is 0. The van der Waals surface area contributed by atoms with Gasteiger partial charge in [0.25, 0.3) is 0 Å².